The van der Waals surface area contributed by atoms with Crippen molar-refractivity contribution in [2.75, 3.05) is 0 Å². The van der Waals surface area contributed by atoms with Crippen LogP contribution in [0.15, 0.2) is 5.38 Å². The van der Waals surface area contributed by atoms with Crippen LogP contribution in [0.2, 0.25) is 0 Å². The molecule has 0 aromatic carbocycles. The maximum absolute atomic E-state index is 5.39. The molecule has 1 heterocycles. The molecule has 0 amide bonds. The van der Waals surface area contributed by atoms with E-state index in [1.165, 1.54) is 18.0 Å². The maximum Gasteiger partial charge on any atom is 0.0938 e. The molecule has 12 heavy (non-hydrogen) atoms. The maximum atomic E-state index is 5.39. The minimum Gasteiger partial charge on any atom is -0.271 e. The standard InChI is InChI=1S/C7H14N4S/c1-2-3-4-6(9-8)7-5-12-11-10-7/h5-6,9H,2-4,8H2,1H3. The molecule has 4 nitrogen and oxygen atoms in total. The van der Waals surface area contributed by atoms with Crippen LogP contribution in [0.3, 0.4) is 0 Å². The van der Waals surface area contributed by atoms with Crippen molar-refractivity contribution in [3.8, 4) is 0 Å². The first-order chi connectivity index (χ1) is 5.88. The molecule has 1 aromatic rings. The number of unbranched alkanes of at least 4 members (excludes halogenated alkanes) is 1. The van der Waals surface area contributed by atoms with Crippen molar-refractivity contribution in [2.45, 2.75) is 32.2 Å². The summed E-state index contributed by atoms with van der Waals surface area (Å²) >= 11 is 1.36. The first-order valence-electron chi connectivity index (χ1n) is 4.11. The molecule has 0 fully saturated rings. The number of rotatable bonds is 5. The second-order valence-electron chi connectivity index (χ2n) is 2.69. The molecule has 68 valence electrons. The zero-order chi connectivity index (χ0) is 8.81. The molecule has 0 aliphatic heterocycles. The molecule has 0 radical (unpaired) electrons. The summed E-state index contributed by atoms with van der Waals surface area (Å²) in [5, 5.41) is 5.90. The van der Waals surface area contributed by atoms with Crippen LogP contribution in [0.4, 0.5) is 0 Å². The SMILES string of the molecule is CCCCC(NN)c1csnn1. The highest BCUT2D eigenvalue weighted by Gasteiger charge is 2.10. The lowest BCUT2D eigenvalue weighted by atomic mass is 10.1. The summed E-state index contributed by atoms with van der Waals surface area (Å²) in [5.41, 5.74) is 3.70. The molecule has 0 saturated heterocycles. The van der Waals surface area contributed by atoms with E-state index >= 15 is 0 Å². The summed E-state index contributed by atoms with van der Waals surface area (Å²) in [6.45, 7) is 2.16. The molecule has 1 aromatic heterocycles. The highest BCUT2D eigenvalue weighted by molar-refractivity contribution is 7.03. The molecule has 1 unspecified atom stereocenters. The van der Waals surface area contributed by atoms with E-state index in [1.54, 1.807) is 0 Å². The second-order valence-corrected chi connectivity index (χ2v) is 3.30. The van der Waals surface area contributed by atoms with Gasteiger partial charge in [0.1, 0.15) is 0 Å². The Hall–Kier alpha value is -0.520. The molecule has 0 bridgehead atoms. The first kappa shape index (κ1) is 9.57. The van der Waals surface area contributed by atoms with Gasteiger partial charge >= 0.3 is 0 Å². The van der Waals surface area contributed by atoms with Crippen molar-refractivity contribution in [1.29, 1.82) is 0 Å². The van der Waals surface area contributed by atoms with Gasteiger partial charge in [-0.05, 0) is 18.0 Å². The zero-order valence-electron chi connectivity index (χ0n) is 7.16. The minimum atomic E-state index is 0.170. The minimum absolute atomic E-state index is 0.170. The highest BCUT2D eigenvalue weighted by atomic mass is 32.1. The molecular weight excluding hydrogens is 172 g/mol. The average Bonchev–Trinajstić information content (AvgIpc) is 2.59. The van der Waals surface area contributed by atoms with Gasteiger partial charge in [0.15, 0.2) is 0 Å². The van der Waals surface area contributed by atoms with Gasteiger partial charge < -0.3 is 0 Å². The number of nitrogens with two attached hydrogens (primary N) is 1. The van der Waals surface area contributed by atoms with E-state index < -0.39 is 0 Å². The Kier molecular flexibility index (Phi) is 4.13. The van der Waals surface area contributed by atoms with Crippen molar-refractivity contribution >= 4 is 11.5 Å². The number of hydrazine groups is 1. The zero-order valence-corrected chi connectivity index (χ0v) is 7.97. The van der Waals surface area contributed by atoms with Gasteiger partial charge in [0.05, 0.1) is 11.7 Å². The lowest BCUT2D eigenvalue weighted by Crippen LogP contribution is -2.28. The first-order valence-corrected chi connectivity index (χ1v) is 4.95. The van der Waals surface area contributed by atoms with Gasteiger partial charge in [-0.3, -0.25) is 11.3 Å². The topological polar surface area (TPSA) is 63.8 Å². The Labute approximate surface area is 76.3 Å². The molecule has 0 aliphatic carbocycles. The third kappa shape index (κ3) is 2.51. The second kappa shape index (κ2) is 5.18. The summed E-state index contributed by atoms with van der Waals surface area (Å²) in [6, 6.07) is 0.170. The van der Waals surface area contributed by atoms with E-state index in [9.17, 15) is 0 Å². The molecular formula is C7H14N4S. The Morgan fingerprint density at radius 2 is 2.58 bits per heavy atom. The summed E-state index contributed by atoms with van der Waals surface area (Å²) in [4.78, 5) is 0. The largest absolute Gasteiger partial charge is 0.271 e. The summed E-state index contributed by atoms with van der Waals surface area (Å²) in [6.07, 6.45) is 3.36. The third-order valence-corrected chi connectivity index (χ3v) is 2.30. The summed E-state index contributed by atoms with van der Waals surface area (Å²) in [5.74, 6) is 5.39. The predicted octanol–water partition coefficient (Wildman–Crippen LogP) is 1.23. The van der Waals surface area contributed by atoms with Gasteiger partial charge in [0.2, 0.25) is 0 Å². The van der Waals surface area contributed by atoms with Crippen LogP contribution in [0, 0.1) is 0 Å². The Bertz CT molecular complexity index is 199. The van der Waals surface area contributed by atoms with E-state index in [2.05, 4.69) is 21.9 Å². The molecule has 3 N–H and O–H groups in total. The number of aromatic nitrogens is 2. The number of hydrogen-bond acceptors (Lipinski definition) is 5. The molecule has 0 aliphatic rings. The van der Waals surface area contributed by atoms with Gasteiger partial charge in [-0.1, -0.05) is 24.3 Å². The van der Waals surface area contributed by atoms with Gasteiger partial charge in [0, 0.05) is 5.38 Å². The van der Waals surface area contributed by atoms with Crippen LogP contribution in [-0.4, -0.2) is 9.59 Å². The fourth-order valence-corrected chi connectivity index (χ4v) is 1.56. The van der Waals surface area contributed by atoms with Crippen LogP contribution in [0.1, 0.15) is 37.9 Å². The molecule has 0 saturated carbocycles. The van der Waals surface area contributed by atoms with Crippen LogP contribution < -0.4 is 11.3 Å². The van der Waals surface area contributed by atoms with Crippen molar-refractivity contribution in [2.24, 2.45) is 5.84 Å². The Morgan fingerprint density at radius 3 is 3.08 bits per heavy atom. The number of nitrogens with one attached hydrogen (secondary N) is 1. The fourth-order valence-electron chi connectivity index (χ4n) is 1.05. The Morgan fingerprint density at radius 1 is 1.75 bits per heavy atom. The smallest absolute Gasteiger partial charge is 0.0938 e. The monoisotopic (exact) mass is 186 g/mol. The van der Waals surface area contributed by atoms with E-state index in [4.69, 9.17) is 5.84 Å². The molecule has 1 atom stereocenters. The van der Waals surface area contributed by atoms with Gasteiger partial charge in [-0.2, -0.15) is 0 Å². The van der Waals surface area contributed by atoms with Crippen molar-refractivity contribution in [3.63, 3.8) is 0 Å². The highest BCUT2D eigenvalue weighted by Crippen LogP contribution is 2.16. The third-order valence-electron chi connectivity index (χ3n) is 1.78. The lowest BCUT2D eigenvalue weighted by Gasteiger charge is -2.11. The van der Waals surface area contributed by atoms with Crippen molar-refractivity contribution in [1.82, 2.24) is 15.0 Å². The molecule has 5 heteroatoms. The summed E-state index contributed by atoms with van der Waals surface area (Å²) in [7, 11) is 0. The predicted molar refractivity (Wildman–Crippen MR) is 49.5 cm³/mol. The van der Waals surface area contributed by atoms with Gasteiger partial charge in [-0.25, -0.2) is 0 Å². The van der Waals surface area contributed by atoms with E-state index in [0.29, 0.717) is 0 Å². The molecule has 1 rings (SSSR count). The van der Waals surface area contributed by atoms with Gasteiger partial charge in [-0.15, -0.1) is 5.10 Å². The normalized spacial score (nSPS) is 13.2. The Balaban J connectivity index is 2.45. The van der Waals surface area contributed by atoms with Gasteiger partial charge in [0.25, 0.3) is 0 Å². The van der Waals surface area contributed by atoms with E-state index in [-0.39, 0.29) is 6.04 Å². The van der Waals surface area contributed by atoms with E-state index in [1.807, 2.05) is 5.38 Å². The summed E-state index contributed by atoms with van der Waals surface area (Å²) < 4.78 is 3.80. The number of nitrogens with zero attached hydrogens (tertiary/aromatic N) is 2. The average molecular weight is 186 g/mol. The number of hydrogen-bond donors (Lipinski definition) is 2. The molecule has 0 spiro atoms. The lowest BCUT2D eigenvalue weighted by molar-refractivity contribution is 0.484. The van der Waals surface area contributed by atoms with Crippen LogP contribution in [0.5, 0.6) is 0 Å². The van der Waals surface area contributed by atoms with Crippen LogP contribution in [0.25, 0.3) is 0 Å². The van der Waals surface area contributed by atoms with Crippen LogP contribution >= 0.6 is 11.5 Å². The quantitative estimate of drug-likeness (QED) is 0.536. The van der Waals surface area contributed by atoms with Crippen molar-refractivity contribution < 1.29 is 0 Å². The fraction of sp³-hybridized carbons (Fsp3) is 0.714. The van der Waals surface area contributed by atoms with Crippen LogP contribution in [-0.2, 0) is 0 Å². The van der Waals surface area contributed by atoms with Crippen molar-refractivity contribution in [3.05, 3.63) is 11.1 Å². The van der Waals surface area contributed by atoms with E-state index in [0.717, 1.165) is 18.5 Å².